The Labute approximate surface area is 251 Å². The molecule has 2 heterocycles. The first-order valence-corrected chi connectivity index (χ1v) is 13.6. The van der Waals surface area contributed by atoms with Crippen LogP contribution in [-0.2, 0) is 19.7 Å². The van der Waals surface area contributed by atoms with Gasteiger partial charge in [-0.2, -0.15) is 5.26 Å². The summed E-state index contributed by atoms with van der Waals surface area (Å²) >= 11 is 0. The summed E-state index contributed by atoms with van der Waals surface area (Å²) in [5.41, 5.74) is -0.741. The number of imide groups is 1. The molecule has 2 aliphatic heterocycles. The molecule has 0 bridgehead atoms. The van der Waals surface area contributed by atoms with Crippen LogP contribution < -0.4 is 10.2 Å². The molecule has 1 fully saturated rings. The van der Waals surface area contributed by atoms with Gasteiger partial charge in [-0.05, 0) is 30.5 Å². The minimum Gasteiger partial charge on any atom is -0.466 e. The smallest absolute Gasteiger partial charge is 0.337 e. The molecule has 0 aromatic heterocycles. The van der Waals surface area contributed by atoms with Crippen molar-refractivity contribution in [3.63, 3.8) is 0 Å². The molecule has 14 heteroatoms. The molecule has 234 valence electrons. The molecule has 44 heavy (non-hydrogen) atoms. The van der Waals surface area contributed by atoms with E-state index in [9.17, 15) is 28.4 Å². The van der Waals surface area contributed by atoms with Gasteiger partial charge in [0, 0.05) is 33.2 Å². The summed E-state index contributed by atoms with van der Waals surface area (Å²) in [7, 11) is 2.32. The Kier molecular flexibility index (Phi) is 9.60. The number of rotatable bonds is 8. The van der Waals surface area contributed by atoms with Crippen LogP contribution in [0.25, 0.3) is 0 Å². The number of hydrogen-bond donors (Lipinski definition) is 1. The number of hydrogen-bond acceptors (Lipinski definition) is 7. The lowest BCUT2D eigenvalue weighted by Crippen LogP contribution is -2.64. The first-order chi connectivity index (χ1) is 20.9. The van der Waals surface area contributed by atoms with Crippen molar-refractivity contribution in [1.29, 1.82) is 5.26 Å². The Bertz CT molecular complexity index is 1480. The number of nitrogens with zero attached hydrogens (tertiary/aromatic N) is 4. The van der Waals surface area contributed by atoms with Crippen molar-refractivity contribution in [1.82, 2.24) is 15.1 Å². The van der Waals surface area contributed by atoms with Crippen molar-refractivity contribution in [3.8, 4) is 6.07 Å². The summed E-state index contributed by atoms with van der Waals surface area (Å²) in [4.78, 5) is 42.6. The number of ether oxygens (including phenoxy) is 2. The van der Waals surface area contributed by atoms with Crippen LogP contribution in [-0.4, -0.2) is 80.4 Å². The summed E-state index contributed by atoms with van der Waals surface area (Å²) in [6.45, 7) is -0.378. The minimum atomic E-state index is -3.50. The van der Waals surface area contributed by atoms with Gasteiger partial charge in [-0.3, -0.25) is 9.80 Å². The van der Waals surface area contributed by atoms with E-state index in [4.69, 9.17) is 9.47 Å². The Hall–Kier alpha value is -4.48. The molecule has 1 saturated heterocycles. The molecule has 2 aliphatic rings. The van der Waals surface area contributed by atoms with E-state index in [1.807, 2.05) is 6.07 Å². The van der Waals surface area contributed by atoms with Crippen LogP contribution in [0, 0.1) is 23.0 Å². The monoisotopic (exact) mass is 617 g/mol. The number of carbonyl (C=O) groups excluding carboxylic acids is 3. The number of benzene rings is 2. The fourth-order valence-corrected chi connectivity index (χ4v) is 5.45. The fraction of sp³-hybridized carbons (Fsp3) is 0.400. The van der Waals surface area contributed by atoms with Gasteiger partial charge in [0.2, 0.25) is 0 Å². The second-order valence-corrected chi connectivity index (χ2v) is 10.6. The lowest BCUT2D eigenvalue weighted by molar-refractivity contribution is -0.136. The number of nitriles is 1. The van der Waals surface area contributed by atoms with Crippen LogP contribution in [0.5, 0.6) is 0 Å². The largest absolute Gasteiger partial charge is 0.466 e. The highest BCUT2D eigenvalue weighted by Gasteiger charge is 2.47. The molecule has 1 N–H and O–H groups in total. The van der Waals surface area contributed by atoms with Crippen LogP contribution in [0.15, 0.2) is 59.8 Å². The zero-order chi connectivity index (χ0) is 32.2. The molecule has 4 rings (SSSR count). The molecular formula is C30H31F4N5O5. The van der Waals surface area contributed by atoms with Crippen molar-refractivity contribution in [2.45, 2.75) is 37.3 Å². The quantitative estimate of drug-likeness (QED) is 0.342. The highest BCUT2D eigenvalue weighted by Crippen LogP contribution is 2.37. The van der Waals surface area contributed by atoms with Crippen molar-refractivity contribution < 1.29 is 41.4 Å². The number of urea groups is 2. The van der Waals surface area contributed by atoms with E-state index in [-0.39, 0.29) is 49.5 Å². The van der Waals surface area contributed by atoms with Crippen molar-refractivity contribution in [3.05, 3.63) is 77.0 Å². The van der Waals surface area contributed by atoms with Crippen molar-refractivity contribution >= 4 is 23.7 Å². The standard InChI is InChI=1S/C30H31F4N5O5/c1-29(33,34)26(37-13-11-30(18-35,12-14-37)19-7-5-4-6-8-19)36-27(41)38-16-21(25(40)44-3)24(17-43-2)39(28(38)42)20-9-10-22(31)23(32)15-20/h4-10,15,26H,11-14,16-17H2,1-3H3,(H,36,41). The van der Waals surface area contributed by atoms with Gasteiger partial charge in [0.25, 0.3) is 5.92 Å². The molecule has 0 spiro atoms. The summed E-state index contributed by atoms with van der Waals surface area (Å²) in [5, 5.41) is 12.2. The van der Waals surface area contributed by atoms with E-state index in [1.54, 1.807) is 24.3 Å². The third-order valence-corrected chi connectivity index (χ3v) is 7.77. The number of esters is 1. The Morgan fingerprint density at radius 1 is 1.09 bits per heavy atom. The maximum absolute atomic E-state index is 15.0. The Morgan fingerprint density at radius 3 is 2.30 bits per heavy atom. The van der Waals surface area contributed by atoms with Crippen molar-refractivity contribution in [2.75, 3.05) is 45.4 Å². The molecule has 1 unspecified atom stereocenters. The first kappa shape index (κ1) is 32.4. The zero-order valence-electron chi connectivity index (χ0n) is 24.3. The highest BCUT2D eigenvalue weighted by atomic mass is 19.3. The maximum atomic E-state index is 15.0. The number of likely N-dealkylation sites (tertiary alicyclic amines) is 1. The number of carbonyl (C=O) groups is 3. The second kappa shape index (κ2) is 13.0. The molecule has 2 aromatic carbocycles. The number of halogens is 4. The van der Waals surface area contributed by atoms with E-state index in [0.717, 1.165) is 29.7 Å². The minimum absolute atomic E-state index is 0.0249. The van der Waals surface area contributed by atoms with Gasteiger partial charge in [0.15, 0.2) is 11.6 Å². The van der Waals surface area contributed by atoms with E-state index in [1.165, 1.54) is 12.0 Å². The second-order valence-electron chi connectivity index (χ2n) is 10.6. The lowest BCUT2D eigenvalue weighted by Gasteiger charge is -2.44. The van der Waals surface area contributed by atoms with Crippen LogP contribution in [0.3, 0.4) is 0 Å². The van der Waals surface area contributed by atoms with Crippen LogP contribution in [0.4, 0.5) is 32.8 Å². The number of amides is 4. The number of alkyl halides is 2. The molecule has 0 radical (unpaired) electrons. The van der Waals surface area contributed by atoms with Crippen LogP contribution >= 0.6 is 0 Å². The van der Waals surface area contributed by atoms with Crippen LogP contribution in [0.1, 0.15) is 25.3 Å². The summed E-state index contributed by atoms with van der Waals surface area (Å²) in [6, 6.07) is 11.4. The predicted octanol–water partition coefficient (Wildman–Crippen LogP) is 4.53. The molecule has 10 nitrogen and oxygen atoms in total. The number of anilines is 1. The molecule has 4 amide bonds. The third kappa shape index (κ3) is 6.39. The van der Waals surface area contributed by atoms with Crippen molar-refractivity contribution in [2.24, 2.45) is 0 Å². The van der Waals surface area contributed by atoms with Gasteiger partial charge < -0.3 is 14.8 Å². The van der Waals surface area contributed by atoms with E-state index < -0.39 is 53.7 Å². The molecule has 0 saturated carbocycles. The lowest BCUT2D eigenvalue weighted by atomic mass is 9.74. The first-order valence-electron chi connectivity index (χ1n) is 13.6. The van der Waals surface area contributed by atoms with Gasteiger partial charge in [-0.15, -0.1) is 0 Å². The average Bonchev–Trinajstić information content (AvgIpc) is 3.01. The summed E-state index contributed by atoms with van der Waals surface area (Å²) in [5.74, 6) is -6.99. The number of methoxy groups -OCH3 is 2. The van der Waals surface area contributed by atoms with Gasteiger partial charge in [-0.25, -0.2) is 36.8 Å². The Morgan fingerprint density at radius 2 is 1.75 bits per heavy atom. The van der Waals surface area contributed by atoms with Gasteiger partial charge in [0.1, 0.15) is 6.17 Å². The van der Waals surface area contributed by atoms with Crippen LogP contribution in [0.2, 0.25) is 0 Å². The SMILES string of the molecule is COCC1=C(C(=O)OC)CN(C(=O)NC(N2CCC(C#N)(c3ccccc3)CC2)C(C)(F)F)C(=O)N1c1ccc(F)c(F)c1. The zero-order valence-corrected chi connectivity index (χ0v) is 24.3. The normalized spacial score (nSPS) is 18.1. The molecular weight excluding hydrogens is 586 g/mol. The molecule has 2 aromatic rings. The summed E-state index contributed by atoms with van der Waals surface area (Å²) < 4.78 is 67.9. The highest BCUT2D eigenvalue weighted by molar-refractivity contribution is 6.08. The van der Waals surface area contributed by atoms with E-state index >= 15 is 8.78 Å². The predicted molar refractivity (Wildman–Crippen MR) is 149 cm³/mol. The van der Waals surface area contributed by atoms with E-state index in [2.05, 4.69) is 11.4 Å². The maximum Gasteiger partial charge on any atom is 0.337 e. The Balaban J connectivity index is 1.64. The fourth-order valence-electron chi connectivity index (χ4n) is 5.45. The molecule has 0 aliphatic carbocycles. The average molecular weight is 618 g/mol. The van der Waals surface area contributed by atoms with E-state index in [0.29, 0.717) is 17.9 Å². The van der Waals surface area contributed by atoms with Gasteiger partial charge in [-0.1, -0.05) is 30.3 Å². The summed E-state index contributed by atoms with van der Waals surface area (Å²) in [6.07, 6.45) is -1.48. The third-order valence-electron chi connectivity index (χ3n) is 7.77. The topological polar surface area (TPSA) is 115 Å². The molecule has 1 atom stereocenters. The van der Waals surface area contributed by atoms with Gasteiger partial charge >= 0.3 is 18.0 Å². The van der Waals surface area contributed by atoms with Gasteiger partial charge in [0.05, 0.1) is 48.7 Å². The number of piperidine rings is 1. The number of nitrogens with one attached hydrogen (secondary N) is 1.